The van der Waals surface area contributed by atoms with E-state index in [-0.39, 0.29) is 24.2 Å². The Morgan fingerprint density at radius 3 is 2.76 bits per heavy atom. The molecule has 1 spiro atoms. The number of hydrogen-bond acceptors (Lipinski definition) is 4. The van der Waals surface area contributed by atoms with Crippen molar-refractivity contribution in [3.63, 3.8) is 0 Å². The van der Waals surface area contributed by atoms with Crippen molar-refractivity contribution in [3.05, 3.63) is 87.9 Å². The first-order chi connectivity index (χ1) is 14.1. The molecule has 1 aromatic heterocycles. The van der Waals surface area contributed by atoms with Gasteiger partial charge in [-0.15, -0.1) is 23.1 Å². The van der Waals surface area contributed by atoms with E-state index in [1.54, 1.807) is 28.0 Å². The van der Waals surface area contributed by atoms with Gasteiger partial charge in [0.2, 0.25) is 0 Å². The number of fused-ring (bicyclic) bond motifs is 2. The largest absolute Gasteiger partial charge is 0.310 e. The lowest BCUT2D eigenvalue weighted by Crippen LogP contribution is -2.50. The number of thiophene rings is 1. The number of amides is 2. The molecule has 1 atom stereocenters. The van der Waals surface area contributed by atoms with Gasteiger partial charge in [-0.3, -0.25) is 9.59 Å². The van der Waals surface area contributed by atoms with Crippen molar-refractivity contribution in [3.8, 4) is 0 Å². The lowest BCUT2D eigenvalue weighted by molar-refractivity contribution is -0.123. The maximum atomic E-state index is 13.8. The van der Waals surface area contributed by atoms with Crippen LogP contribution in [0.25, 0.3) is 0 Å². The molecule has 4 nitrogen and oxygen atoms in total. The van der Waals surface area contributed by atoms with E-state index in [1.165, 1.54) is 35.2 Å². The number of rotatable bonds is 3. The second-order valence-corrected chi connectivity index (χ2v) is 9.20. The van der Waals surface area contributed by atoms with Gasteiger partial charge in [0.05, 0.1) is 17.1 Å². The minimum atomic E-state index is -1.06. The third-order valence-corrected chi connectivity index (χ3v) is 7.58. The van der Waals surface area contributed by atoms with E-state index in [4.69, 9.17) is 0 Å². The van der Waals surface area contributed by atoms with E-state index in [1.807, 2.05) is 35.7 Å². The summed E-state index contributed by atoms with van der Waals surface area (Å²) in [5.74, 6) is 0.0864. The third kappa shape index (κ3) is 2.80. The van der Waals surface area contributed by atoms with Crippen molar-refractivity contribution in [2.75, 3.05) is 17.2 Å². The number of thioether (sulfide) groups is 1. The number of hydrogen-bond donors (Lipinski definition) is 0. The number of halogens is 1. The molecule has 0 saturated carbocycles. The van der Waals surface area contributed by atoms with Crippen LogP contribution in [-0.2, 0) is 16.2 Å². The summed E-state index contributed by atoms with van der Waals surface area (Å²) in [5.41, 5.74) is 2.32. The van der Waals surface area contributed by atoms with Gasteiger partial charge in [-0.25, -0.2) is 4.39 Å². The predicted molar refractivity (Wildman–Crippen MR) is 114 cm³/mol. The summed E-state index contributed by atoms with van der Waals surface area (Å²) in [6.07, 6.45) is 0. The van der Waals surface area contributed by atoms with Crippen molar-refractivity contribution in [1.82, 2.24) is 4.90 Å². The summed E-state index contributed by atoms with van der Waals surface area (Å²) >= 11 is 2.88. The fourth-order valence-corrected chi connectivity index (χ4v) is 6.21. The van der Waals surface area contributed by atoms with Gasteiger partial charge >= 0.3 is 0 Å². The Kier molecular flexibility index (Phi) is 4.44. The average molecular weight is 425 g/mol. The molecule has 1 saturated heterocycles. The molecule has 0 unspecified atom stereocenters. The van der Waals surface area contributed by atoms with E-state index in [0.29, 0.717) is 22.7 Å². The second kappa shape index (κ2) is 7.00. The summed E-state index contributed by atoms with van der Waals surface area (Å²) in [6.45, 7) is 0.770. The molecule has 3 aromatic rings. The first kappa shape index (κ1) is 18.4. The SMILES string of the molecule is O=C(c1cccs1)N1CCS[C@]12C(=O)N(Cc1cccc(F)c1)c1ccccc12. The molecule has 146 valence electrons. The van der Waals surface area contributed by atoms with Crippen LogP contribution in [0.15, 0.2) is 66.0 Å². The molecule has 0 aliphatic carbocycles. The van der Waals surface area contributed by atoms with Crippen LogP contribution < -0.4 is 4.90 Å². The smallest absolute Gasteiger partial charge is 0.268 e. The Hall–Kier alpha value is -2.64. The summed E-state index contributed by atoms with van der Waals surface area (Å²) in [7, 11) is 0. The van der Waals surface area contributed by atoms with Crippen LogP contribution in [0.5, 0.6) is 0 Å². The first-order valence-electron chi connectivity index (χ1n) is 9.26. The minimum Gasteiger partial charge on any atom is -0.310 e. The topological polar surface area (TPSA) is 40.6 Å². The normalized spacial score (nSPS) is 20.5. The summed E-state index contributed by atoms with van der Waals surface area (Å²) in [4.78, 5) is 30.0. The van der Waals surface area contributed by atoms with E-state index in [0.717, 1.165) is 11.3 Å². The first-order valence-corrected chi connectivity index (χ1v) is 11.1. The van der Waals surface area contributed by atoms with Crippen LogP contribution in [0.2, 0.25) is 0 Å². The fraction of sp³-hybridized carbons (Fsp3) is 0.182. The second-order valence-electron chi connectivity index (χ2n) is 6.96. The molecule has 2 aliphatic heterocycles. The Morgan fingerprint density at radius 2 is 1.97 bits per heavy atom. The lowest BCUT2D eigenvalue weighted by Gasteiger charge is -2.33. The number of benzene rings is 2. The molecule has 29 heavy (non-hydrogen) atoms. The number of carbonyl (C=O) groups is 2. The molecule has 0 bridgehead atoms. The highest BCUT2D eigenvalue weighted by Crippen LogP contribution is 2.54. The summed E-state index contributed by atoms with van der Waals surface area (Å²) < 4.78 is 13.7. The van der Waals surface area contributed by atoms with E-state index in [9.17, 15) is 14.0 Å². The molecule has 2 aliphatic rings. The van der Waals surface area contributed by atoms with Crippen LogP contribution in [0, 0.1) is 5.82 Å². The molecule has 0 radical (unpaired) electrons. The maximum Gasteiger partial charge on any atom is 0.268 e. The van der Waals surface area contributed by atoms with Gasteiger partial charge in [0.25, 0.3) is 11.8 Å². The molecule has 2 amide bonds. The average Bonchev–Trinajstić information content (AvgIpc) is 3.45. The summed E-state index contributed by atoms with van der Waals surface area (Å²) in [5, 5.41) is 1.86. The third-order valence-electron chi connectivity index (χ3n) is 5.31. The van der Waals surface area contributed by atoms with Crippen LogP contribution in [0.1, 0.15) is 20.8 Å². The Balaban J connectivity index is 1.59. The van der Waals surface area contributed by atoms with Gasteiger partial charge < -0.3 is 9.80 Å². The Bertz CT molecular complexity index is 1100. The van der Waals surface area contributed by atoms with Crippen molar-refractivity contribution < 1.29 is 14.0 Å². The quantitative estimate of drug-likeness (QED) is 0.623. The lowest BCUT2D eigenvalue weighted by atomic mass is 10.1. The van der Waals surface area contributed by atoms with E-state index in [2.05, 4.69) is 0 Å². The Labute approximate surface area is 175 Å². The van der Waals surface area contributed by atoms with Gasteiger partial charge in [0.15, 0.2) is 4.87 Å². The van der Waals surface area contributed by atoms with Crippen molar-refractivity contribution in [2.45, 2.75) is 11.4 Å². The van der Waals surface area contributed by atoms with Crippen LogP contribution >= 0.6 is 23.1 Å². The highest BCUT2D eigenvalue weighted by molar-refractivity contribution is 8.01. The van der Waals surface area contributed by atoms with Crippen LogP contribution in [0.4, 0.5) is 10.1 Å². The summed E-state index contributed by atoms with van der Waals surface area (Å²) in [6, 6.07) is 17.5. The molecule has 1 fully saturated rings. The van der Waals surface area contributed by atoms with Gasteiger partial charge in [-0.1, -0.05) is 36.4 Å². The Morgan fingerprint density at radius 1 is 1.10 bits per heavy atom. The van der Waals surface area contributed by atoms with Crippen molar-refractivity contribution in [1.29, 1.82) is 0 Å². The zero-order chi connectivity index (χ0) is 20.0. The maximum absolute atomic E-state index is 13.8. The fourth-order valence-electron chi connectivity index (χ4n) is 4.08. The predicted octanol–water partition coefficient (Wildman–Crippen LogP) is 4.48. The van der Waals surface area contributed by atoms with Gasteiger partial charge in [0, 0.05) is 17.9 Å². The molecule has 0 N–H and O–H groups in total. The molecule has 2 aromatic carbocycles. The van der Waals surface area contributed by atoms with Crippen LogP contribution in [0.3, 0.4) is 0 Å². The molecular weight excluding hydrogens is 407 g/mol. The number of anilines is 1. The van der Waals surface area contributed by atoms with Gasteiger partial charge in [0.1, 0.15) is 5.82 Å². The molecule has 7 heteroatoms. The number of nitrogens with zero attached hydrogens (tertiary/aromatic N) is 2. The minimum absolute atomic E-state index is 0.124. The van der Waals surface area contributed by atoms with Crippen molar-refractivity contribution in [2.24, 2.45) is 0 Å². The number of para-hydroxylation sites is 1. The monoisotopic (exact) mass is 424 g/mol. The van der Waals surface area contributed by atoms with Gasteiger partial charge in [-0.05, 0) is 35.2 Å². The zero-order valence-corrected chi connectivity index (χ0v) is 17.0. The highest BCUT2D eigenvalue weighted by atomic mass is 32.2. The van der Waals surface area contributed by atoms with E-state index < -0.39 is 4.87 Å². The zero-order valence-electron chi connectivity index (χ0n) is 15.4. The standard InChI is InChI=1S/C22H17FN2O2S2/c23-16-6-3-5-15(13-16)14-24-18-8-2-1-7-17(18)22(21(24)27)25(10-12-29-22)20(26)19-9-4-11-28-19/h1-9,11,13H,10,12,14H2/t22-/m1/s1. The molecule has 5 rings (SSSR count). The highest BCUT2D eigenvalue weighted by Gasteiger charge is 2.59. The number of carbonyl (C=O) groups excluding carboxylic acids is 2. The van der Waals surface area contributed by atoms with Gasteiger partial charge in [-0.2, -0.15) is 0 Å². The van der Waals surface area contributed by atoms with Crippen molar-refractivity contribution >= 4 is 40.6 Å². The molecule has 3 heterocycles. The molecular formula is C22H17FN2O2S2. The van der Waals surface area contributed by atoms with E-state index >= 15 is 0 Å². The van der Waals surface area contributed by atoms with Crippen LogP contribution in [-0.4, -0.2) is 29.0 Å².